The maximum atomic E-state index is 10.6. The molecule has 118 valence electrons. The molecule has 0 aliphatic carbocycles. The van der Waals surface area contributed by atoms with E-state index in [-0.39, 0.29) is 5.75 Å². The van der Waals surface area contributed by atoms with Crippen molar-refractivity contribution in [2.24, 2.45) is 0 Å². The molecule has 0 amide bonds. The summed E-state index contributed by atoms with van der Waals surface area (Å²) >= 11 is 0. The van der Waals surface area contributed by atoms with Crippen LogP contribution in [0.25, 0.3) is 0 Å². The third-order valence-corrected chi connectivity index (χ3v) is 3.30. The molecule has 1 aromatic carbocycles. The summed E-state index contributed by atoms with van der Waals surface area (Å²) in [6.45, 7) is 2.82. The van der Waals surface area contributed by atoms with Crippen LogP contribution in [0.5, 0.6) is 11.5 Å². The van der Waals surface area contributed by atoms with E-state index in [1.165, 1.54) is 38.5 Å². The molecule has 0 aliphatic heterocycles. The number of rotatable bonds is 11. The van der Waals surface area contributed by atoms with Crippen molar-refractivity contribution in [3.05, 3.63) is 24.3 Å². The van der Waals surface area contributed by atoms with Crippen molar-refractivity contribution in [1.29, 1.82) is 0 Å². The molecular formula is C17H26O4. The Kier molecular flexibility index (Phi) is 9.09. The lowest BCUT2D eigenvalue weighted by molar-refractivity contribution is 0.142. The van der Waals surface area contributed by atoms with Crippen molar-refractivity contribution in [3.8, 4) is 11.5 Å². The standard InChI is InChI=1S/C17H26O4/c1-2-3-4-5-6-7-8-11-14-20-15-12-9-10-13-16(15)21-17(18)19/h9-10,12-13H,2-8,11,14H2,1H3,(H,18,19). The van der Waals surface area contributed by atoms with Gasteiger partial charge in [0.2, 0.25) is 0 Å². The number of benzene rings is 1. The van der Waals surface area contributed by atoms with Gasteiger partial charge in [-0.1, -0.05) is 64.0 Å². The maximum absolute atomic E-state index is 10.6. The number of carbonyl (C=O) groups is 1. The minimum absolute atomic E-state index is 0.254. The average molecular weight is 294 g/mol. The van der Waals surface area contributed by atoms with E-state index in [0.717, 1.165) is 12.8 Å². The molecule has 0 fully saturated rings. The van der Waals surface area contributed by atoms with Crippen molar-refractivity contribution in [2.75, 3.05) is 6.61 Å². The third kappa shape index (κ3) is 8.23. The lowest BCUT2D eigenvalue weighted by Crippen LogP contribution is -2.05. The molecule has 0 unspecified atom stereocenters. The van der Waals surface area contributed by atoms with E-state index in [2.05, 4.69) is 11.7 Å². The molecular weight excluding hydrogens is 268 g/mol. The van der Waals surface area contributed by atoms with E-state index in [1.807, 2.05) is 0 Å². The molecule has 1 rings (SSSR count). The lowest BCUT2D eigenvalue weighted by Gasteiger charge is -2.09. The second-order valence-electron chi connectivity index (χ2n) is 5.14. The lowest BCUT2D eigenvalue weighted by atomic mass is 10.1. The SMILES string of the molecule is CCCCCCCCCCOc1ccccc1OC(=O)O. The molecule has 0 saturated carbocycles. The van der Waals surface area contributed by atoms with Gasteiger partial charge in [0, 0.05) is 0 Å². The number of carboxylic acid groups (broad SMARTS) is 1. The zero-order valence-corrected chi connectivity index (χ0v) is 12.8. The summed E-state index contributed by atoms with van der Waals surface area (Å²) in [6.07, 6.45) is 8.62. The highest BCUT2D eigenvalue weighted by Gasteiger charge is 2.07. The van der Waals surface area contributed by atoms with Gasteiger partial charge in [0.1, 0.15) is 0 Å². The highest BCUT2D eigenvalue weighted by Crippen LogP contribution is 2.26. The smallest absolute Gasteiger partial charge is 0.490 e. The monoisotopic (exact) mass is 294 g/mol. The Morgan fingerprint density at radius 3 is 2.14 bits per heavy atom. The van der Waals surface area contributed by atoms with E-state index in [1.54, 1.807) is 24.3 Å². The second kappa shape index (κ2) is 11.0. The van der Waals surface area contributed by atoms with Crippen molar-refractivity contribution in [3.63, 3.8) is 0 Å². The van der Waals surface area contributed by atoms with Crippen LogP contribution in [-0.2, 0) is 0 Å². The van der Waals surface area contributed by atoms with Crippen molar-refractivity contribution < 1.29 is 19.4 Å². The molecule has 1 N–H and O–H groups in total. The minimum Gasteiger partial charge on any atom is -0.490 e. The first-order chi connectivity index (χ1) is 10.2. The number of unbranched alkanes of at least 4 members (excludes halogenated alkanes) is 7. The van der Waals surface area contributed by atoms with Gasteiger partial charge in [0.15, 0.2) is 11.5 Å². The number of hydrogen-bond acceptors (Lipinski definition) is 3. The molecule has 0 heterocycles. The van der Waals surface area contributed by atoms with Crippen LogP contribution in [0.15, 0.2) is 24.3 Å². The molecule has 0 bridgehead atoms. The normalized spacial score (nSPS) is 10.3. The van der Waals surface area contributed by atoms with Gasteiger partial charge in [-0.2, -0.15) is 0 Å². The predicted octanol–water partition coefficient (Wildman–Crippen LogP) is 5.26. The van der Waals surface area contributed by atoms with Crippen LogP contribution in [0.1, 0.15) is 58.3 Å². The van der Waals surface area contributed by atoms with Gasteiger partial charge in [-0.15, -0.1) is 0 Å². The molecule has 0 aromatic heterocycles. The van der Waals surface area contributed by atoms with E-state index in [4.69, 9.17) is 9.84 Å². The minimum atomic E-state index is -1.32. The van der Waals surface area contributed by atoms with Crippen LogP contribution in [0.3, 0.4) is 0 Å². The number of hydrogen-bond donors (Lipinski definition) is 1. The Hall–Kier alpha value is -1.71. The third-order valence-electron chi connectivity index (χ3n) is 3.30. The van der Waals surface area contributed by atoms with Gasteiger partial charge in [-0.3, -0.25) is 0 Å². The van der Waals surface area contributed by atoms with Gasteiger partial charge in [0.05, 0.1) is 6.61 Å². The predicted molar refractivity (Wildman–Crippen MR) is 83.2 cm³/mol. The van der Waals surface area contributed by atoms with Crippen LogP contribution < -0.4 is 9.47 Å². The van der Waals surface area contributed by atoms with E-state index < -0.39 is 6.16 Å². The fraction of sp³-hybridized carbons (Fsp3) is 0.588. The summed E-state index contributed by atoms with van der Waals surface area (Å²) in [5, 5.41) is 8.64. The summed E-state index contributed by atoms with van der Waals surface area (Å²) in [7, 11) is 0. The fourth-order valence-electron chi connectivity index (χ4n) is 2.17. The fourth-order valence-corrected chi connectivity index (χ4v) is 2.17. The summed E-state index contributed by atoms with van der Waals surface area (Å²) in [5.74, 6) is 0.743. The summed E-state index contributed by atoms with van der Waals surface area (Å²) in [6, 6.07) is 6.85. The molecule has 0 spiro atoms. The first-order valence-corrected chi connectivity index (χ1v) is 7.86. The Balaban J connectivity index is 2.14. The summed E-state index contributed by atoms with van der Waals surface area (Å²) < 4.78 is 10.3. The van der Waals surface area contributed by atoms with Gasteiger partial charge < -0.3 is 14.6 Å². The van der Waals surface area contributed by atoms with Crippen LogP contribution in [0.4, 0.5) is 4.79 Å². The topological polar surface area (TPSA) is 55.8 Å². The van der Waals surface area contributed by atoms with Gasteiger partial charge >= 0.3 is 6.16 Å². The highest BCUT2D eigenvalue weighted by atomic mass is 16.7. The Labute approximate surface area is 127 Å². The summed E-state index contributed by atoms with van der Waals surface area (Å²) in [5.41, 5.74) is 0. The maximum Gasteiger partial charge on any atom is 0.511 e. The number of ether oxygens (including phenoxy) is 2. The van der Waals surface area contributed by atoms with E-state index in [9.17, 15) is 4.79 Å². The van der Waals surface area contributed by atoms with Crippen LogP contribution >= 0.6 is 0 Å². The van der Waals surface area contributed by atoms with Crippen molar-refractivity contribution in [1.82, 2.24) is 0 Å². The van der Waals surface area contributed by atoms with E-state index >= 15 is 0 Å². The van der Waals surface area contributed by atoms with Gasteiger partial charge in [0.25, 0.3) is 0 Å². The first-order valence-electron chi connectivity index (χ1n) is 7.86. The zero-order valence-electron chi connectivity index (χ0n) is 12.8. The molecule has 0 radical (unpaired) electrons. The quantitative estimate of drug-likeness (QED) is 0.343. The first kappa shape index (κ1) is 17.3. The molecule has 0 saturated heterocycles. The molecule has 4 heteroatoms. The average Bonchev–Trinajstić information content (AvgIpc) is 2.46. The molecule has 0 aliphatic rings. The van der Waals surface area contributed by atoms with Gasteiger partial charge in [-0.05, 0) is 18.6 Å². The largest absolute Gasteiger partial charge is 0.511 e. The number of para-hydroxylation sites is 2. The molecule has 21 heavy (non-hydrogen) atoms. The van der Waals surface area contributed by atoms with Crippen LogP contribution in [-0.4, -0.2) is 17.9 Å². The van der Waals surface area contributed by atoms with Crippen LogP contribution in [0, 0.1) is 0 Å². The zero-order chi connectivity index (χ0) is 15.3. The molecule has 1 aromatic rings. The van der Waals surface area contributed by atoms with Crippen molar-refractivity contribution >= 4 is 6.16 Å². The van der Waals surface area contributed by atoms with E-state index in [0.29, 0.717) is 12.4 Å². The second-order valence-corrected chi connectivity index (χ2v) is 5.14. The Morgan fingerprint density at radius 2 is 1.52 bits per heavy atom. The molecule has 0 atom stereocenters. The van der Waals surface area contributed by atoms with Crippen LogP contribution in [0.2, 0.25) is 0 Å². The highest BCUT2D eigenvalue weighted by molar-refractivity contribution is 5.62. The Bertz CT molecular complexity index is 404. The summed E-state index contributed by atoms with van der Waals surface area (Å²) in [4.78, 5) is 10.6. The van der Waals surface area contributed by atoms with Crippen molar-refractivity contribution in [2.45, 2.75) is 58.3 Å². The van der Waals surface area contributed by atoms with Gasteiger partial charge in [-0.25, -0.2) is 4.79 Å². The molecule has 4 nitrogen and oxygen atoms in total. The Morgan fingerprint density at radius 1 is 0.952 bits per heavy atom.